The number of rotatable bonds is 15. The van der Waals surface area contributed by atoms with Crippen LogP contribution in [0.1, 0.15) is 126 Å². The molecule has 0 fully saturated rings. The number of para-hydroxylation sites is 4. The average molecular weight is 1530 g/mol. The fourth-order valence-electron chi connectivity index (χ4n) is 14.3. The smallest absolute Gasteiger partial charge is 0.337 e. The van der Waals surface area contributed by atoms with E-state index in [4.69, 9.17) is 34.2 Å². The Balaban J connectivity index is 0.000000144. The van der Waals surface area contributed by atoms with E-state index in [0.717, 1.165) is 106 Å². The molecule has 7 atom stereocenters. The summed E-state index contributed by atoms with van der Waals surface area (Å²) in [6.45, 7) is 3.62. The van der Waals surface area contributed by atoms with Gasteiger partial charge in [-0.25, -0.2) is 24.0 Å². The van der Waals surface area contributed by atoms with Gasteiger partial charge in [-0.05, 0) is 118 Å². The summed E-state index contributed by atoms with van der Waals surface area (Å²) in [6.07, 6.45) is 5.72. The van der Waals surface area contributed by atoms with Gasteiger partial charge < -0.3 is 68.5 Å². The highest BCUT2D eigenvalue weighted by Gasteiger charge is 2.44. The van der Waals surface area contributed by atoms with Gasteiger partial charge in [-0.1, -0.05) is 128 Å². The number of H-pyrrole nitrogens is 4. The van der Waals surface area contributed by atoms with Crippen LogP contribution in [0.5, 0.6) is 0 Å². The minimum absolute atomic E-state index is 0.211. The lowest BCUT2D eigenvalue weighted by molar-refractivity contribution is -0.153. The van der Waals surface area contributed by atoms with E-state index in [1.54, 1.807) is 72.8 Å². The topological polar surface area (TPSA) is 361 Å². The first-order chi connectivity index (χ1) is 54.7. The third kappa shape index (κ3) is 17.7. The molecule has 3 aliphatic rings. The van der Waals surface area contributed by atoms with E-state index in [1.807, 2.05) is 115 Å². The Morgan fingerprint density at radius 2 is 0.796 bits per heavy atom. The van der Waals surface area contributed by atoms with Crippen molar-refractivity contribution in [3.63, 3.8) is 0 Å². The Morgan fingerprint density at radius 3 is 1.18 bits per heavy atom. The average Bonchev–Trinajstić information content (AvgIpc) is 1.63. The predicted octanol–water partition coefficient (Wildman–Crippen LogP) is 11.1. The molecule has 113 heavy (non-hydrogen) atoms. The van der Waals surface area contributed by atoms with E-state index in [9.17, 15) is 47.9 Å². The highest BCUT2D eigenvalue weighted by molar-refractivity contribution is 5.97. The van der Waals surface area contributed by atoms with E-state index < -0.39 is 48.1 Å². The SMILES string of the molecule is C=CC(=O)N1C(C(=O)OC)Cc2c([nH]c3ccccc23)C1c1ccc(C(=O)OC)cc1.COC(=O)C(N)Cc1c[nH]c2ccccc12.COC(=O)c1ccc(C2NC(C(=O)OC)Cc3c2[nH]c2ccccc32)cc1.COC(=O)c1ccc(C2NC(C(=O)OC)Cc3c2[nH]c2ccccc32)cc1.COC(=O)c1ccc(C=O)cc1. The summed E-state index contributed by atoms with van der Waals surface area (Å²) in [5, 5.41) is 11.1. The maximum absolute atomic E-state index is 12.9. The number of carbonyl (C=O) groups excluding carboxylic acids is 10. The number of aromatic amines is 4. The molecule has 580 valence electrons. The molecule has 0 aliphatic carbocycles. The second kappa shape index (κ2) is 36.8. The highest BCUT2D eigenvalue weighted by atomic mass is 16.5. The minimum atomic E-state index is -0.813. The van der Waals surface area contributed by atoms with Crippen molar-refractivity contribution >= 4 is 104 Å². The zero-order chi connectivity index (χ0) is 80.6. The van der Waals surface area contributed by atoms with E-state index in [2.05, 4.69) is 58.8 Å². The van der Waals surface area contributed by atoms with Crippen molar-refractivity contribution in [1.82, 2.24) is 35.5 Å². The first-order valence-electron chi connectivity index (χ1n) is 35.8. The van der Waals surface area contributed by atoms with Crippen LogP contribution >= 0.6 is 0 Å². The molecule has 0 spiro atoms. The first kappa shape index (κ1) is 80.5. The summed E-state index contributed by atoms with van der Waals surface area (Å²) < 4.78 is 38.3. The Morgan fingerprint density at radius 1 is 0.434 bits per heavy atom. The molecule has 7 unspecified atom stereocenters. The fourth-order valence-corrected chi connectivity index (χ4v) is 14.3. The monoisotopic (exact) mass is 1530 g/mol. The number of hydrogen-bond acceptors (Lipinski definition) is 21. The Hall–Kier alpha value is -13.6. The van der Waals surface area contributed by atoms with Crippen LogP contribution in [0, 0.1) is 0 Å². The van der Waals surface area contributed by atoms with Gasteiger partial charge in [-0.3, -0.25) is 34.6 Å². The maximum Gasteiger partial charge on any atom is 0.337 e. The number of esters is 8. The lowest BCUT2D eigenvalue weighted by Gasteiger charge is -2.40. The maximum atomic E-state index is 12.9. The van der Waals surface area contributed by atoms with Gasteiger partial charge in [0.1, 0.15) is 30.5 Å². The largest absolute Gasteiger partial charge is 0.468 e. The van der Waals surface area contributed by atoms with Crippen LogP contribution < -0.4 is 16.4 Å². The number of carbonyl (C=O) groups is 10. The second-order valence-electron chi connectivity index (χ2n) is 26.3. The van der Waals surface area contributed by atoms with Crippen molar-refractivity contribution < 1.29 is 85.8 Å². The molecule has 8 N–H and O–H groups in total. The van der Waals surface area contributed by atoms with Crippen molar-refractivity contribution in [3.8, 4) is 0 Å². The van der Waals surface area contributed by atoms with Crippen LogP contribution in [-0.2, 0) is 87.6 Å². The van der Waals surface area contributed by atoms with Gasteiger partial charge in [0.15, 0.2) is 0 Å². The molecule has 26 heteroatoms. The van der Waals surface area contributed by atoms with Gasteiger partial charge in [0.25, 0.3) is 0 Å². The molecular weight excluding hydrogens is 1440 g/mol. The lowest BCUT2D eigenvalue weighted by atomic mass is 9.87. The van der Waals surface area contributed by atoms with Crippen LogP contribution in [0.3, 0.4) is 0 Å². The van der Waals surface area contributed by atoms with E-state index >= 15 is 0 Å². The van der Waals surface area contributed by atoms with Crippen molar-refractivity contribution in [3.05, 3.63) is 297 Å². The number of nitrogens with two attached hydrogens (primary N) is 1. The van der Waals surface area contributed by atoms with Gasteiger partial charge >= 0.3 is 47.8 Å². The van der Waals surface area contributed by atoms with Gasteiger partial charge in [0, 0.05) is 98.1 Å². The molecule has 4 aromatic heterocycles. The van der Waals surface area contributed by atoms with Crippen LogP contribution in [0.4, 0.5) is 0 Å². The summed E-state index contributed by atoms with van der Waals surface area (Å²) in [5.41, 5.74) is 21.8. The number of fused-ring (bicyclic) bond motifs is 10. The first-order valence-corrected chi connectivity index (χ1v) is 35.8. The van der Waals surface area contributed by atoms with Crippen LogP contribution in [-0.4, -0.2) is 166 Å². The Bertz CT molecular complexity index is 5320. The summed E-state index contributed by atoms with van der Waals surface area (Å²) in [7, 11) is 10.8. The number of ether oxygens (including phenoxy) is 8. The van der Waals surface area contributed by atoms with Gasteiger partial charge in [0.2, 0.25) is 5.91 Å². The van der Waals surface area contributed by atoms with Crippen LogP contribution in [0.15, 0.2) is 213 Å². The molecule has 26 nitrogen and oxygen atoms in total. The third-order valence-electron chi connectivity index (χ3n) is 19.9. The summed E-state index contributed by atoms with van der Waals surface area (Å²) in [4.78, 5) is 133. The summed E-state index contributed by atoms with van der Waals surface area (Å²) >= 11 is 0. The summed E-state index contributed by atoms with van der Waals surface area (Å²) in [5.74, 6) is -3.45. The van der Waals surface area contributed by atoms with Crippen LogP contribution in [0.25, 0.3) is 43.6 Å². The molecular formula is C87H84N8O18. The zero-order valence-corrected chi connectivity index (χ0v) is 63.2. The predicted molar refractivity (Wildman–Crippen MR) is 421 cm³/mol. The number of methoxy groups -OCH3 is 8. The quantitative estimate of drug-likeness (QED) is 0.0217. The van der Waals surface area contributed by atoms with Crippen molar-refractivity contribution in [2.45, 2.75) is 68.0 Å². The third-order valence-corrected chi connectivity index (χ3v) is 19.9. The van der Waals surface area contributed by atoms with Crippen molar-refractivity contribution in [1.29, 1.82) is 0 Å². The Kier molecular flexibility index (Phi) is 26.2. The van der Waals surface area contributed by atoms with Crippen molar-refractivity contribution in [2.75, 3.05) is 56.9 Å². The molecule has 0 radical (unpaired) electrons. The lowest BCUT2D eigenvalue weighted by Crippen LogP contribution is -2.51. The molecule has 0 saturated carbocycles. The molecule has 7 heterocycles. The summed E-state index contributed by atoms with van der Waals surface area (Å²) in [6, 6.07) is 56.0. The van der Waals surface area contributed by atoms with Gasteiger partial charge in [0.05, 0.1) is 97.3 Å². The molecule has 12 aromatic rings. The zero-order valence-electron chi connectivity index (χ0n) is 63.2. The van der Waals surface area contributed by atoms with E-state index in [-0.39, 0.29) is 47.8 Å². The standard InChI is InChI=1S/C24H22N2O5.2C21H20N2O4.C12H14N2O2.C9H8O3/c1-4-20(27)26-19(24(29)31-3)13-17-16-7-5-6-8-18(16)25-21(17)22(26)14-9-11-15(12-10-14)23(28)30-2;2*1-26-20(24)13-9-7-12(8-10-13)18-19-15(11-17(23-18)21(25)27-2)14-5-3-4-6-16(14)22-19;1-16-12(15)10(13)6-8-7-14-11-5-3-2-4-9(8)11;1-12-9(11)8-4-2-7(6-10)3-5-8/h4-12,19,22,25H,1,13H2,2-3H3;2*3-10,17-18,22-23H,11H2,1-2H3;2-5,7,10,14H,6,13H2,1H3;2-6H,1H3. The molecule has 8 aromatic carbocycles. The van der Waals surface area contributed by atoms with Gasteiger partial charge in [-0.2, -0.15) is 0 Å². The van der Waals surface area contributed by atoms with Crippen LogP contribution in [0.2, 0.25) is 0 Å². The fraction of sp³-hybridized carbons (Fsp3) is 0.218. The molecule has 0 bridgehead atoms. The number of aldehydes is 1. The number of aromatic nitrogens is 4. The second-order valence-corrected chi connectivity index (χ2v) is 26.3. The molecule has 15 rings (SSSR count). The van der Waals surface area contributed by atoms with E-state index in [1.165, 1.54) is 67.9 Å². The highest BCUT2D eigenvalue weighted by Crippen LogP contribution is 2.43. The molecule has 3 aliphatic heterocycles. The molecule has 0 saturated heterocycles. The minimum Gasteiger partial charge on any atom is -0.468 e. The number of hydrogen-bond donors (Lipinski definition) is 7. The van der Waals surface area contributed by atoms with Gasteiger partial charge in [-0.15, -0.1) is 0 Å². The van der Waals surface area contributed by atoms with Crippen molar-refractivity contribution in [2.24, 2.45) is 5.73 Å². The number of benzene rings is 8. The molecule has 1 amide bonds. The number of nitrogens with one attached hydrogen (secondary N) is 6. The number of amides is 1. The number of nitrogens with zero attached hydrogens (tertiary/aromatic N) is 1. The van der Waals surface area contributed by atoms with E-state index in [0.29, 0.717) is 53.5 Å². The normalized spacial score (nSPS) is 16.6. The Labute approximate surface area is 649 Å².